The zero-order valence-corrected chi connectivity index (χ0v) is 16.6. The number of unbranched alkanes of at least 4 members (excludes halogenated alkanes) is 1. The maximum Gasteiger partial charge on any atom is 0.394 e. The Morgan fingerprint density at radius 3 is 2.35 bits per heavy atom. The Morgan fingerprint density at radius 2 is 1.81 bits per heavy atom. The number of hydrogen-bond acceptors (Lipinski definition) is 4. The van der Waals surface area contributed by atoms with Gasteiger partial charge in [-0.2, -0.15) is 8.42 Å². The lowest BCUT2D eigenvalue weighted by molar-refractivity contribution is -0.122. The molecule has 0 radical (unpaired) electrons. The number of rotatable bonds is 5. The smallest absolute Gasteiger partial charge is 0.324 e. The molecule has 0 unspecified atom stereocenters. The molecule has 26 heavy (non-hydrogen) atoms. The minimum absolute atomic E-state index is 0.0457. The molecule has 1 aromatic carbocycles. The molecule has 2 rings (SSSR count). The highest BCUT2D eigenvalue weighted by Gasteiger charge is 2.28. The summed E-state index contributed by atoms with van der Waals surface area (Å²) in [4.78, 5) is 15.1. The molecule has 1 saturated heterocycles. The van der Waals surface area contributed by atoms with E-state index in [1.54, 1.807) is 0 Å². The van der Waals surface area contributed by atoms with Gasteiger partial charge in [0.15, 0.2) is 0 Å². The molecule has 8 heteroatoms. The summed E-state index contributed by atoms with van der Waals surface area (Å²) >= 11 is 0. The standard InChI is InChI=1S/C18H28N2O.H2O4S/c1-4-5-12-20-13-7-6-11-16(20)18(21)19-17-14(2)9-8-10-15(17)3;1-5(2,3)4/h8-10,16H,4-7,11-13H2,1-3H3,(H,19,21);(H2,1,2,3,4)/t16-;/m0./s1. The van der Waals surface area contributed by atoms with Crippen LogP contribution in [-0.4, -0.2) is 47.5 Å². The van der Waals surface area contributed by atoms with Crippen LogP contribution in [0.1, 0.15) is 50.2 Å². The molecule has 1 atom stereocenters. The molecule has 1 amide bonds. The lowest BCUT2D eigenvalue weighted by Crippen LogP contribution is -2.47. The van der Waals surface area contributed by atoms with Gasteiger partial charge in [-0.3, -0.25) is 18.8 Å². The van der Waals surface area contributed by atoms with E-state index in [2.05, 4.69) is 43.1 Å². The van der Waals surface area contributed by atoms with Gasteiger partial charge in [-0.15, -0.1) is 0 Å². The number of hydrogen-bond donors (Lipinski definition) is 3. The number of likely N-dealkylation sites (tertiary alicyclic amines) is 1. The molecule has 148 valence electrons. The monoisotopic (exact) mass is 386 g/mol. The van der Waals surface area contributed by atoms with Gasteiger partial charge in [0.2, 0.25) is 5.91 Å². The Kier molecular flexibility index (Phi) is 9.21. The van der Waals surface area contributed by atoms with Crippen molar-refractivity contribution in [3.05, 3.63) is 29.3 Å². The third-order valence-corrected chi connectivity index (χ3v) is 4.44. The van der Waals surface area contributed by atoms with Crippen molar-refractivity contribution in [3.63, 3.8) is 0 Å². The van der Waals surface area contributed by atoms with Gasteiger partial charge in [0.25, 0.3) is 0 Å². The number of benzene rings is 1. The van der Waals surface area contributed by atoms with Crippen molar-refractivity contribution >= 4 is 22.0 Å². The van der Waals surface area contributed by atoms with E-state index in [-0.39, 0.29) is 11.9 Å². The number of aryl methyl sites for hydroxylation is 2. The Hall–Kier alpha value is -1.48. The fourth-order valence-electron chi connectivity index (χ4n) is 3.13. The minimum Gasteiger partial charge on any atom is -0.324 e. The normalized spacial score (nSPS) is 18.0. The van der Waals surface area contributed by atoms with Crippen LogP contribution in [0.5, 0.6) is 0 Å². The molecule has 1 fully saturated rings. The molecular weight excluding hydrogens is 356 g/mol. The third kappa shape index (κ3) is 8.27. The highest BCUT2D eigenvalue weighted by Crippen LogP contribution is 2.23. The molecular formula is C18H30N2O5S. The molecule has 1 heterocycles. The molecule has 0 bridgehead atoms. The summed E-state index contributed by atoms with van der Waals surface area (Å²) in [6.45, 7) is 8.42. The largest absolute Gasteiger partial charge is 0.394 e. The Morgan fingerprint density at radius 1 is 1.23 bits per heavy atom. The number of amides is 1. The van der Waals surface area contributed by atoms with Crippen LogP contribution >= 0.6 is 0 Å². The van der Waals surface area contributed by atoms with E-state index in [4.69, 9.17) is 17.5 Å². The molecule has 1 aliphatic rings. The van der Waals surface area contributed by atoms with E-state index in [0.29, 0.717) is 0 Å². The summed E-state index contributed by atoms with van der Waals surface area (Å²) in [5.74, 6) is 0.170. The molecule has 1 aliphatic heterocycles. The van der Waals surface area contributed by atoms with E-state index in [1.165, 1.54) is 19.3 Å². The van der Waals surface area contributed by atoms with Gasteiger partial charge >= 0.3 is 10.4 Å². The molecule has 0 aliphatic carbocycles. The molecule has 1 aromatic rings. The quantitative estimate of drug-likeness (QED) is 0.671. The Balaban J connectivity index is 0.000000597. The highest BCUT2D eigenvalue weighted by molar-refractivity contribution is 7.79. The van der Waals surface area contributed by atoms with Crippen LogP contribution in [0.4, 0.5) is 5.69 Å². The van der Waals surface area contributed by atoms with Crippen LogP contribution in [0.2, 0.25) is 0 Å². The number of anilines is 1. The summed E-state index contributed by atoms with van der Waals surface area (Å²) in [7, 11) is -4.67. The second-order valence-electron chi connectivity index (χ2n) is 6.60. The highest BCUT2D eigenvalue weighted by atomic mass is 32.3. The second-order valence-corrected chi connectivity index (χ2v) is 7.50. The van der Waals surface area contributed by atoms with Gasteiger partial charge in [0.1, 0.15) is 0 Å². The predicted octanol–water partition coefficient (Wildman–Crippen LogP) is 3.24. The summed E-state index contributed by atoms with van der Waals surface area (Å²) < 4.78 is 31.6. The van der Waals surface area contributed by atoms with Crippen molar-refractivity contribution in [2.24, 2.45) is 0 Å². The van der Waals surface area contributed by atoms with Gasteiger partial charge < -0.3 is 5.32 Å². The molecule has 0 spiro atoms. The van der Waals surface area contributed by atoms with E-state index in [9.17, 15) is 4.79 Å². The maximum absolute atomic E-state index is 12.7. The van der Waals surface area contributed by atoms with Gasteiger partial charge in [-0.05, 0) is 57.3 Å². The molecule has 7 nitrogen and oxygen atoms in total. The maximum atomic E-state index is 12.7. The molecule has 0 aromatic heterocycles. The second kappa shape index (κ2) is 10.6. The Bertz CT molecular complexity index is 663. The van der Waals surface area contributed by atoms with E-state index in [0.717, 1.165) is 42.7 Å². The SMILES string of the molecule is CCCCN1CCCC[C@H]1C(=O)Nc1c(C)cccc1C.O=S(=O)(O)O. The predicted molar refractivity (Wildman–Crippen MR) is 103 cm³/mol. The number of para-hydroxylation sites is 1. The zero-order chi connectivity index (χ0) is 19.7. The number of nitrogens with one attached hydrogen (secondary N) is 1. The van der Waals surface area contributed by atoms with Gasteiger partial charge in [0.05, 0.1) is 6.04 Å². The topological polar surface area (TPSA) is 107 Å². The van der Waals surface area contributed by atoms with Crippen LogP contribution < -0.4 is 5.32 Å². The lowest BCUT2D eigenvalue weighted by Gasteiger charge is -2.34. The number of nitrogens with zero attached hydrogens (tertiary/aromatic N) is 1. The fraction of sp³-hybridized carbons (Fsp3) is 0.611. The van der Waals surface area contributed by atoms with Crippen molar-refractivity contribution in [3.8, 4) is 0 Å². The zero-order valence-electron chi connectivity index (χ0n) is 15.7. The van der Waals surface area contributed by atoms with Crippen LogP contribution in [0, 0.1) is 13.8 Å². The minimum atomic E-state index is -4.67. The first-order valence-corrected chi connectivity index (χ1v) is 10.3. The number of carbonyl (C=O) groups excluding carboxylic acids is 1. The third-order valence-electron chi connectivity index (χ3n) is 4.44. The fourth-order valence-corrected chi connectivity index (χ4v) is 3.13. The van der Waals surface area contributed by atoms with Crippen molar-refractivity contribution in [2.75, 3.05) is 18.4 Å². The van der Waals surface area contributed by atoms with Gasteiger partial charge in [0, 0.05) is 5.69 Å². The summed E-state index contributed by atoms with van der Waals surface area (Å²) in [6, 6.07) is 6.19. The van der Waals surface area contributed by atoms with Crippen molar-refractivity contribution in [2.45, 2.75) is 58.9 Å². The van der Waals surface area contributed by atoms with Crippen LogP contribution in [0.25, 0.3) is 0 Å². The first-order valence-electron chi connectivity index (χ1n) is 8.94. The number of piperidine rings is 1. The van der Waals surface area contributed by atoms with Crippen LogP contribution in [0.15, 0.2) is 18.2 Å². The summed E-state index contributed by atoms with van der Waals surface area (Å²) in [5, 5.41) is 3.17. The Labute approximate surface area is 156 Å². The van der Waals surface area contributed by atoms with Crippen LogP contribution in [-0.2, 0) is 15.2 Å². The van der Waals surface area contributed by atoms with E-state index >= 15 is 0 Å². The lowest BCUT2D eigenvalue weighted by atomic mass is 10.00. The van der Waals surface area contributed by atoms with Gasteiger partial charge in [-0.1, -0.05) is 38.0 Å². The van der Waals surface area contributed by atoms with Crippen molar-refractivity contribution < 1.29 is 22.3 Å². The number of carbonyl (C=O) groups is 1. The first kappa shape index (κ1) is 22.6. The average molecular weight is 387 g/mol. The van der Waals surface area contributed by atoms with E-state index in [1.807, 2.05) is 6.07 Å². The van der Waals surface area contributed by atoms with Crippen LogP contribution in [0.3, 0.4) is 0 Å². The van der Waals surface area contributed by atoms with Crippen molar-refractivity contribution in [1.82, 2.24) is 4.90 Å². The average Bonchev–Trinajstić information content (AvgIpc) is 2.55. The summed E-state index contributed by atoms with van der Waals surface area (Å²) in [5.41, 5.74) is 3.27. The molecule has 3 N–H and O–H groups in total. The summed E-state index contributed by atoms with van der Waals surface area (Å²) in [6.07, 6.45) is 5.72. The first-order chi connectivity index (χ1) is 12.1. The molecule has 0 saturated carbocycles. The van der Waals surface area contributed by atoms with Gasteiger partial charge in [-0.25, -0.2) is 0 Å². The van der Waals surface area contributed by atoms with E-state index < -0.39 is 10.4 Å². The van der Waals surface area contributed by atoms with Crippen molar-refractivity contribution in [1.29, 1.82) is 0 Å².